The molecule has 0 unspecified atom stereocenters. The molecule has 0 bridgehead atoms. The first-order valence-electron chi connectivity index (χ1n) is 8.80. The highest BCUT2D eigenvalue weighted by atomic mass is 19.4. The summed E-state index contributed by atoms with van der Waals surface area (Å²) in [5, 5.41) is 2.86. The Hall–Kier alpha value is -2.65. The molecule has 0 spiro atoms. The van der Waals surface area contributed by atoms with Crippen LogP contribution < -0.4 is 10.3 Å². The number of amides is 1. The van der Waals surface area contributed by atoms with Crippen molar-refractivity contribution in [1.29, 1.82) is 0 Å². The minimum atomic E-state index is -7.27. The number of carbonyl (C=O) groups is 1. The molecule has 0 saturated heterocycles. The Morgan fingerprint density at radius 2 is 1.39 bits per heavy atom. The number of nitrogens with one attached hydrogen (secondary N) is 1. The van der Waals surface area contributed by atoms with Crippen LogP contribution in [0.15, 0.2) is 29.4 Å². The number of rotatable bonds is 9. The van der Waals surface area contributed by atoms with E-state index in [-0.39, 0.29) is 5.56 Å². The van der Waals surface area contributed by atoms with Crippen LogP contribution in [0, 0.1) is 0 Å². The van der Waals surface area contributed by atoms with Crippen LogP contribution in [0.3, 0.4) is 0 Å². The maximum absolute atomic E-state index is 14.0. The van der Waals surface area contributed by atoms with Gasteiger partial charge in [0.25, 0.3) is 0 Å². The molecule has 16 heteroatoms. The highest BCUT2D eigenvalue weighted by Crippen LogP contribution is 2.50. The Kier molecular flexibility index (Phi) is 8.33. The van der Waals surface area contributed by atoms with Crippen LogP contribution in [0.2, 0.25) is 0 Å². The molecule has 0 aliphatic carbocycles. The van der Waals surface area contributed by atoms with E-state index in [1.54, 1.807) is 0 Å². The van der Waals surface area contributed by atoms with Gasteiger partial charge in [-0.2, -0.15) is 53.4 Å². The fourth-order valence-electron chi connectivity index (χ4n) is 2.24. The number of carbonyl (C=O) groups excluding carboxylic acids is 1. The average molecular weight is 503 g/mol. The molecule has 1 aromatic rings. The van der Waals surface area contributed by atoms with Gasteiger partial charge >= 0.3 is 36.1 Å². The topological polar surface area (TPSA) is 53.9 Å². The van der Waals surface area contributed by atoms with Gasteiger partial charge in [0.15, 0.2) is 0 Å². The molecule has 1 atom stereocenters. The summed E-state index contributed by atoms with van der Waals surface area (Å²) in [5.74, 6) is -16.8. The summed E-state index contributed by atoms with van der Waals surface area (Å²) in [7, 11) is 0. The lowest BCUT2D eigenvalue weighted by Crippen LogP contribution is -2.63. The number of hydrogen-bond acceptors (Lipinski definition) is 4. The number of anilines is 1. The first-order valence-corrected chi connectivity index (χ1v) is 8.80. The van der Waals surface area contributed by atoms with Gasteiger partial charge in [-0.05, 0) is 31.5 Å². The zero-order chi connectivity index (χ0) is 25.9. The molecule has 1 rings (SSSR count). The van der Waals surface area contributed by atoms with Gasteiger partial charge in [-0.1, -0.05) is 12.1 Å². The predicted molar refractivity (Wildman–Crippen MR) is 92.7 cm³/mol. The fraction of sp³-hybridized carbons (Fsp3) is 0.529. The van der Waals surface area contributed by atoms with Gasteiger partial charge in [-0.15, -0.1) is 0 Å². The molecule has 188 valence electrons. The maximum atomic E-state index is 14.0. The smallest absolute Gasteiger partial charge is 0.372 e. The van der Waals surface area contributed by atoms with E-state index in [1.807, 2.05) is 18.7 Å². The molecule has 0 aromatic heterocycles. The average Bonchev–Trinajstić information content (AvgIpc) is 2.67. The Balaban J connectivity index is 3.09. The van der Waals surface area contributed by atoms with Crippen LogP contribution in [-0.4, -0.2) is 55.4 Å². The Labute approximate surface area is 179 Å². The number of nitrogens with zero attached hydrogens (tertiary/aromatic N) is 2. The van der Waals surface area contributed by atoms with Gasteiger partial charge in [-0.25, -0.2) is 5.43 Å². The van der Waals surface area contributed by atoms with Crippen molar-refractivity contribution in [3.63, 3.8) is 0 Å². The molecular formula is C17H16F11N3O2. The van der Waals surface area contributed by atoms with Gasteiger partial charge in [0.2, 0.25) is 0 Å². The van der Waals surface area contributed by atoms with Gasteiger partial charge in [0.1, 0.15) is 0 Å². The first kappa shape index (κ1) is 28.4. The first-order chi connectivity index (χ1) is 14.8. The molecule has 1 aromatic carbocycles. The molecule has 1 amide bonds. The quantitative estimate of drug-likeness (QED) is 0.293. The van der Waals surface area contributed by atoms with Crippen molar-refractivity contribution < 1.29 is 57.8 Å². The summed E-state index contributed by atoms with van der Waals surface area (Å²) in [6.45, 7) is 4.98. The van der Waals surface area contributed by atoms with E-state index in [1.165, 1.54) is 24.3 Å². The maximum Gasteiger partial charge on any atom is 0.462 e. The third kappa shape index (κ3) is 6.03. The fourth-order valence-corrected chi connectivity index (χ4v) is 2.24. The molecule has 0 fully saturated rings. The second kappa shape index (κ2) is 9.69. The zero-order valence-corrected chi connectivity index (χ0v) is 16.7. The van der Waals surface area contributed by atoms with Gasteiger partial charge in [0, 0.05) is 18.8 Å². The minimum Gasteiger partial charge on any atom is -0.372 e. The van der Waals surface area contributed by atoms with Crippen molar-refractivity contribution in [2.24, 2.45) is 5.10 Å². The second-order valence-electron chi connectivity index (χ2n) is 6.25. The summed E-state index contributed by atoms with van der Waals surface area (Å²) in [6, 6.07) is 5.77. The molecular weight excluding hydrogens is 487 g/mol. The summed E-state index contributed by atoms with van der Waals surface area (Å²) >= 11 is 0. The SMILES string of the molecule is CCN(CC)c1ccc(C=NNC(=O)[C@](F)(OC(F)(F)C(F)(F)C(F)(F)F)C(F)(F)F)cc1. The van der Waals surface area contributed by atoms with Crippen LogP contribution in [0.5, 0.6) is 0 Å². The lowest BCUT2D eigenvalue weighted by atomic mass is 10.2. The Bertz CT molecular complexity index is 834. The van der Waals surface area contributed by atoms with E-state index in [0.717, 1.165) is 11.1 Å². The zero-order valence-electron chi connectivity index (χ0n) is 16.7. The third-order valence-electron chi connectivity index (χ3n) is 4.05. The summed E-state index contributed by atoms with van der Waals surface area (Å²) < 4.78 is 143. The largest absolute Gasteiger partial charge is 0.462 e. The van der Waals surface area contributed by atoms with E-state index in [4.69, 9.17) is 0 Å². The van der Waals surface area contributed by atoms with Crippen molar-refractivity contribution in [3.8, 4) is 0 Å². The Morgan fingerprint density at radius 1 is 0.909 bits per heavy atom. The molecule has 0 aliphatic rings. The second-order valence-corrected chi connectivity index (χ2v) is 6.25. The minimum absolute atomic E-state index is 0.109. The van der Waals surface area contributed by atoms with E-state index >= 15 is 0 Å². The highest BCUT2D eigenvalue weighted by molar-refractivity contribution is 5.87. The van der Waals surface area contributed by atoms with Gasteiger partial charge in [-0.3, -0.25) is 9.53 Å². The number of ether oxygens (including phenoxy) is 1. The van der Waals surface area contributed by atoms with Crippen molar-refractivity contribution in [2.45, 2.75) is 44.1 Å². The molecule has 0 heterocycles. The van der Waals surface area contributed by atoms with E-state index in [0.29, 0.717) is 19.3 Å². The third-order valence-corrected chi connectivity index (χ3v) is 4.05. The van der Waals surface area contributed by atoms with E-state index < -0.39 is 36.1 Å². The molecule has 0 saturated carbocycles. The molecule has 5 nitrogen and oxygen atoms in total. The summed E-state index contributed by atoms with van der Waals surface area (Å²) in [5.41, 5.74) is 1.62. The van der Waals surface area contributed by atoms with Crippen molar-refractivity contribution in [2.75, 3.05) is 18.0 Å². The predicted octanol–water partition coefficient (Wildman–Crippen LogP) is 5.02. The monoisotopic (exact) mass is 503 g/mol. The number of hydrogen-bond donors (Lipinski definition) is 1. The van der Waals surface area contributed by atoms with Crippen LogP contribution in [0.25, 0.3) is 0 Å². The molecule has 0 aliphatic heterocycles. The number of hydrazone groups is 1. The summed E-state index contributed by atoms with van der Waals surface area (Å²) in [4.78, 5) is 13.4. The highest BCUT2D eigenvalue weighted by Gasteiger charge is 2.79. The standard InChI is InChI=1S/C17H16F11N3O2/c1-3-31(4-2)11-7-5-10(6-8-11)9-29-30-12(32)13(18,15(21,22)23)33-17(27,28)14(19,20)16(24,25)26/h5-9H,3-4H2,1-2H3,(H,30,32)/t13-/m0/s1. The molecule has 1 N–H and O–H groups in total. The molecule has 0 radical (unpaired) electrons. The van der Waals surface area contributed by atoms with Crippen LogP contribution in [0.1, 0.15) is 19.4 Å². The number of alkyl halides is 11. The van der Waals surface area contributed by atoms with Crippen LogP contribution >= 0.6 is 0 Å². The van der Waals surface area contributed by atoms with Crippen molar-refractivity contribution in [3.05, 3.63) is 29.8 Å². The number of benzene rings is 1. The molecule has 33 heavy (non-hydrogen) atoms. The normalized spacial score (nSPS) is 15.4. The van der Waals surface area contributed by atoms with Crippen LogP contribution in [0.4, 0.5) is 54.0 Å². The Morgan fingerprint density at radius 3 is 1.79 bits per heavy atom. The number of halogens is 11. The van der Waals surface area contributed by atoms with Gasteiger partial charge in [0.05, 0.1) is 6.21 Å². The van der Waals surface area contributed by atoms with Crippen molar-refractivity contribution >= 4 is 17.8 Å². The van der Waals surface area contributed by atoms with E-state index in [2.05, 4.69) is 9.84 Å². The van der Waals surface area contributed by atoms with Gasteiger partial charge < -0.3 is 4.90 Å². The lowest BCUT2D eigenvalue weighted by molar-refractivity contribution is -0.472. The summed E-state index contributed by atoms with van der Waals surface area (Å²) in [6.07, 6.45) is -20.4. The van der Waals surface area contributed by atoms with Crippen molar-refractivity contribution in [1.82, 2.24) is 5.43 Å². The lowest BCUT2D eigenvalue weighted by Gasteiger charge is -2.33. The van der Waals surface area contributed by atoms with Crippen LogP contribution in [-0.2, 0) is 9.53 Å². The van der Waals surface area contributed by atoms with E-state index in [9.17, 15) is 53.1 Å².